The fourth-order valence-electron chi connectivity index (χ4n) is 1.72. The molecular formula is C13H20O2. The molecule has 0 aromatic heterocycles. The van der Waals surface area contributed by atoms with Crippen molar-refractivity contribution in [3.05, 3.63) is 29.3 Å². The first-order chi connectivity index (χ1) is 7.06. The minimum absolute atomic E-state index is 0.122. The first-order valence-electron chi connectivity index (χ1n) is 5.34. The van der Waals surface area contributed by atoms with Crippen LogP contribution in [0, 0.1) is 0 Å². The van der Waals surface area contributed by atoms with Gasteiger partial charge in [0.2, 0.25) is 0 Å². The van der Waals surface area contributed by atoms with E-state index in [0.29, 0.717) is 0 Å². The Balaban J connectivity index is 3.29. The lowest BCUT2D eigenvalue weighted by Gasteiger charge is -2.25. The fraction of sp³-hybridized carbons (Fsp3) is 0.538. The van der Waals surface area contributed by atoms with E-state index in [1.165, 1.54) is 5.56 Å². The van der Waals surface area contributed by atoms with Gasteiger partial charge in [-0.05, 0) is 12.0 Å². The first kappa shape index (κ1) is 12.1. The van der Waals surface area contributed by atoms with Crippen molar-refractivity contribution in [1.82, 2.24) is 0 Å². The lowest BCUT2D eigenvalue weighted by Crippen LogP contribution is -2.23. The Morgan fingerprint density at radius 1 is 1.33 bits per heavy atom. The van der Waals surface area contributed by atoms with Crippen LogP contribution in [0.4, 0.5) is 0 Å². The number of aliphatic hydroxyl groups is 1. The molecule has 0 saturated heterocycles. The maximum atomic E-state index is 9.38. The van der Waals surface area contributed by atoms with Gasteiger partial charge in [0, 0.05) is 11.0 Å². The lowest BCUT2D eigenvalue weighted by atomic mass is 9.83. The highest BCUT2D eigenvalue weighted by Gasteiger charge is 2.24. The molecule has 15 heavy (non-hydrogen) atoms. The van der Waals surface area contributed by atoms with Gasteiger partial charge in [-0.3, -0.25) is 0 Å². The molecule has 0 aliphatic carbocycles. The Labute approximate surface area is 91.9 Å². The largest absolute Gasteiger partial charge is 0.496 e. The highest BCUT2D eigenvalue weighted by atomic mass is 16.5. The lowest BCUT2D eigenvalue weighted by molar-refractivity contribution is 0.214. The predicted octanol–water partition coefficient (Wildman–Crippen LogP) is 2.53. The summed E-state index contributed by atoms with van der Waals surface area (Å²) < 4.78 is 5.44. The molecule has 0 aliphatic heterocycles. The highest BCUT2D eigenvalue weighted by molar-refractivity contribution is 5.45. The molecule has 1 aromatic rings. The number of methoxy groups -OCH3 is 1. The fourth-order valence-corrected chi connectivity index (χ4v) is 1.72. The van der Waals surface area contributed by atoms with Crippen LogP contribution in [0.5, 0.6) is 5.75 Å². The van der Waals surface area contributed by atoms with Crippen molar-refractivity contribution >= 4 is 0 Å². The van der Waals surface area contributed by atoms with E-state index in [4.69, 9.17) is 4.74 Å². The van der Waals surface area contributed by atoms with Gasteiger partial charge >= 0.3 is 0 Å². The van der Waals surface area contributed by atoms with E-state index in [-0.39, 0.29) is 12.0 Å². The molecule has 0 heterocycles. The summed E-state index contributed by atoms with van der Waals surface area (Å²) in [6, 6.07) is 6.11. The summed E-state index contributed by atoms with van der Waals surface area (Å²) in [6.45, 7) is 6.26. The van der Waals surface area contributed by atoms with Crippen molar-refractivity contribution in [2.24, 2.45) is 0 Å². The average molecular weight is 208 g/mol. The van der Waals surface area contributed by atoms with Gasteiger partial charge in [-0.15, -0.1) is 0 Å². The molecule has 1 rings (SSSR count). The number of rotatable bonds is 4. The van der Waals surface area contributed by atoms with Gasteiger partial charge in [0.25, 0.3) is 0 Å². The molecule has 0 spiro atoms. The summed E-state index contributed by atoms with van der Waals surface area (Å²) in [5, 5.41) is 9.38. The van der Waals surface area contributed by atoms with E-state index in [1.54, 1.807) is 7.11 Å². The Morgan fingerprint density at radius 3 is 2.47 bits per heavy atom. The van der Waals surface area contributed by atoms with Crippen molar-refractivity contribution < 1.29 is 9.84 Å². The number of hydrogen-bond acceptors (Lipinski definition) is 2. The van der Waals surface area contributed by atoms with Crippen molar-refractivity contribution in [3.8, 4) is 5.75 Å². The SMILES string of the molecule is CCc1cccc(C(C)(C)CO)c1OC. The molecular weight excluding hydrogens is 188 g/mol. The van der Waals surface area contributed by atoms with Crippen LogP contribution in [-0.4, -0.2) is 18.8 Å². The van der Waals surface area contributed by atoms with Crippen LogP contribution in [0.2, 0.25) is 0 Å². The van der Waals surface area contributed by atoms with E-state index >= 15 is 0 Å². The van der Waals surface area contributed by atoms with E-state index in [2.05, 4.69) is 13.0 Å². The summed E-state index contributed by atoms with van der Waals surface area (Å²) in [4.78, 5) is 0. The van der Waals surface area contributed by atoms with Crippen molar-refractivity contribution in [2.45, 2.75) is 32.6 Å². The van der Waals surface area contributed by atoms with E-state index in [9.17, 15) is 5.11 Å². The number of hydrogen-bond donors (Lipinski definition) is 1. The third-order valence-corrected chi connectivity index (χ3v) is 2.81. The van der Waals surface area contributed by atoms with Crippen LogP contribution in [0.3, 0.4) is 0 Å². The van der Waals surface area contributed by atoms with Gasteiger partial charge in [0.1, 0.15) is 5.75 Å². The highest BCUT2D eigenvalue weighted by Crippen LogP contribution is 2.34. The second-order valence-electron chi connectivity index (χ2n) is 4.39. The summed E-state index contributed by atoms with van der Waals surface area (Å²) in [7, 11) is 1.69. The van der Waals surface area contributed by atoms with Gasteiger partial charge in [-0.1, -0.05) is 39.0 Å². The zero-order valence-electron chi connectivity index (χ0n) is 10.0. The molecule has 1 N–H and O–H groups in total. The summed E-state index contributed by atoms with van der Waals surface area (Å²) >= 11 is 0. The summed E-state index contributed by atoms with van der Waals surface area (Å²) in [5.74, 6) is 0.916. The normalized spacial score (nSPS) is 11.5. The summed E-state index contributed by atoms with van der Waals surface area (Å²) in [5.41, 5.74) is 2.01. The topological polar surface area (TPSA) is 29.5 Å². The van der Waals surface area contributed by atoms with Gasteiger partial charge < -0.3 is 9.84 Å². The van der Waals surface area contributed by atoms with Crippen molar-refractivity contribution in [3.63, 3.8) is 0 Å². The molecule has 0 fully saturated rings. The zero-order chi connectivity index (χ0) is 11.5. The predicted molar refractivity (Wildman–Crippen MR) is 62.5 cm³/mol. The second-order valence-corrected chi connectivity index (χ2v) is 4.39. The maximum absolute atomic E-state index is 9.38. The third-order valence-electron chi connectivity index (χ3n) is 2.81. The molecule has 2 heteroatoms. The van der Waals surface area contributed by atoms with Gasteiger partial charge in [0.05, 0.1) is 13.7 Å². The molecule has 0 bridgehead atoms. The molecule has 0 amide bonds. The van der Waals surface area contributed by atoms with E-state index in [1.807, 2.05) is 26.0 Å². The van der Waals surface area contributed by atoms with Crippen LogP contribution < -0.4 is 4.74 Å². The van der Waals surface area contributed by atoms with E-state index < -0.39 is 0 Å². The van der Waals surface area contributed by atoms with Crippen LogP contribution in [-0.2, 0) is 11.8 Å². The number of aliphatic hydroxyl groups excluding tert-OH is 1. The van der Waals surface area contributed by atoms with Gasteiger partial charge in [0.15, 0.2) is 0 Å². The second kappa shape index (κ2) is 4.67. The standard InChI is InChI=1S/C13H20O2/c1-5-10-7-6-8-11(12(10)15-4)13(2,3)9-14/h6-8,14H,5,9H2,1-4H3. The molecule has 0 atom stereocenters. The molecule has 0 saturated carbocycles. The van der Waals surface area contributed by atoms with Gasteiger partial charge in [-0.2, -0.15) is 0 Å². The number of ether oxygens (including phenoxy) is 1. The van der Waals surface area contributed by atoms with Crippen molar-refractivity contribution in [1.29, 1.82) is 0 Å². The minimum Gasteiger partial charge on any atom is -0.496 e. The summed E-state index contributed by atoms with van der Waals surface area (Å²) in [6.07, 6.45) is 0.943. The number of aryl methyl sites for hydroxylation is 1. The maximum Gasteiger partial charge on any atom is 0.125 e. The molecule has 84 valence electrons. The monoisotopic (exact) mass is 208 g/mol. The molecule has 1 aromatic carbocycles. The van der Waals surface area contributed by atoms with E-state index in [0.717, 1.165) is 17.7 Å². The molecule has 0 aliphatic rings. The molecule has 0 radical (unpaired) electrons. The van der Waals surface area contributed by atoms with Crippen LogP contribution >= 0.6 is 0 Å². The first-order valence-corrected chi connectivity index (χ1v) is 5.34. The minimum atomic E-state index is -0.253. The Bertz CT molecular complexity index is 329. The van der Waals surface area contributed by atoms with Gasteiger partial charge in [-0.25, -0.2) is 0 Å². The van der Waals surface area contributed by atoms with Crippen LogP contribution in [0.15, 0.2) is 18.2 Å². The smallest absolute Gasteiger partial charge is 0.125 e. The Kier molecular flexibility index (Phi) is 3.75. The average Bonchev–Trinajstić information content (AvgIpc) is 2.27. The zero-order valence-corrected chi connectivity index (χ0v) is 10.0. The third kappa shape index (κ3) is 2.32. The van der Waals surface area contributed by atoms with Crippen LogP contribution in [0.25, 0.3) is 0 Å². The molecule has 2 nitrogen and oxygen atoms in total. The number of para-hydroxylation sites is 1. The molecule has 0 unspecified atom stereocenters. The number of benzene rings is 1. The van der Waals surface area contributed by atoms with Crippen molar-refractivity contribution in [2.75, 3.05) is 13.7 Å². The Hall–Kier alpha value is -1.02. The Morgan fingerprint density at radius 2 is 2.00 bits per heavy atom. The quantitative estimate of drug-likeness (QED) is 0.824. The van der Waals surface area contributed by atoms with Crippen LogP contribution in [0.1, 0.15) is 31.9 Å².